The molecule has 1 heterocycles. The van der Waals surface area contributed by atoms with Gasteiger partial charge in [0.05, 0.1) is 6.42 Å². The number of carbonyl (C=O) groups excluding carboxylic acids is 1. The van der Waals surface area contributed by atoms with E-state index in [2.05, 4.69) is 0 Å². The molecule has 38 heavy (non-hydrogen) atoms. The minimum atomic E-state index is -4.59. The largest absolute Gasteiger partial charge is 0.483 e. The van der Waals surface area contributed by atoms with Crippen LogP contribution in [0, 0.1) is 5.82 Å². The topological polar surface area (TPSA) is 66.8 Å². The minimum Gasteiger partial charge on any atom is -0.483 e. The fourth-order valence-electron chi connectivity index (χ4n) is 4.75. The molecule has 3 aromatic rings. The number of carbonyl (C=O) groups is 2. The molecule has 0 aliphatic carbocycles. The highest BCUT2D eigenvalue weighted by Gasteiger charge is 2.30. The summed E-state index contributed by atoms with van der Waals surface area (Å²) in [4.78, 5) is 26.1. The molecule has 3 aromatic carbocycles. The minimum absolute atomic E-state index is 0.0350. The summed E-state index contributed by atoms with van der Waals surface area (Å²) in [7, 11) is 0. The average molecular weight is 530 g/mol. The second-order valence-electron chi connectivity index (χ2n) is 9.44. The Morgan fingerprint density at radius 1 is 1.03 bits per heavy atom. The van der Waals surface area contributed by atoms with E-state index in [9.17, 15) is 32.3 Å². The Hall–Kier alpha value is -3.88. The van der Waals surface area contributed by atoms with Gasteiger partial charge in [0.2, 0.25) is 5.91 Å². The summed E-state index contributed by atoms with van der Waals surface area (Å²) in [5.74, 6) is -1.83. The van der Waals surface area contributed by atoms with E-state index >= 15 is 0 Å². The summed E-state index contributed by atoms with van der Waals surface area (Å²) in [6.07, 6.45) is -4.44. The van der Waals surface area contributed by atoms with Crippen LogP contribution in [-0.2, 0) is 29.0 Å². The standard InChI is InChI=1S/C29H27F4NO4/c1-18(20-5-3-2-4-6-20)13-27(35)34-12-11-22-24(16-34)21(8-9-25(22)30)23-14-19(15-28(36)37)7-10-26(23)38-17-29(31,32)33/h2-10,14,18H,11-13,15-17H2,1H3,(H,36,37). The molecular formula is C29H27F4NO4. The van der Waals surface area contributed by atoms with E-state index in [0.717, 1.165) is 5.56 Å². The van der Waals surface area contributed by atoms with E-state index in [1.807, 2.05) is 37.3 Å². The van der Waals surface area contributed by atoms with E-state index in [1.54, 1.807) is 4.90 Å². The SMILES string of the molecule is CC(CC(=O)N1CCc2c(F)ccc(-c3cc(CC(=O)O)ccc3OCC(F)(F)F)c2C1)c1ccccc1. The van der Waals surface area contributed by atoms with Crippen LogP contribution < -0.4 is 4.74 Å². The van der Waals surface area contributed by atoms with Gasteiger partial charge in [0.15, 0.2) is 6.61 Å². The lowest BCUT2D eigenvalue weighted by Gasteiger charge is -2.32. The first kappa shape index (κ1) is 27.2. The highest BCUT2D eigenvalue weighted by atomic mass is 19.4. The third-order valence-corrected chi connectivity index (χ3v) is 6.64. The van der Waals surface area contributed by atoms with Gasteiger partial charge in [0.1, 0.15) is 11.6 Å². The Morgan fingerprint density at radius 2 is 1.76 bits per heavy atom. The van der Waals surface area contributed by atoms with Gasteiger partial charge in [-0.2, -0.15) is 13.2 Å². The summed E-state index contributed by atoms with van der Waals surface area (Å²) >= 11 is 0. The van der Waals surface area contributed by atoms with Crippen LogP contribution >= 0.6 is 0 Å². The maximum atomic E-state index is 14.8. The van der Waals surface area contributed by atoms with E-state index < -0.39 is 24.6 Å². The molecule has 0 aromatic heterocycles. The number of hydrogen-bond donors (Lipinski definition) is 1. The third kappa shape index (κ3) is 6.51. The van der Waals surface area contributed by atoms with Crippen LogP contribution in [0.2, 0.25) is 0 Å². The van der Waals surface area contributed by atoms with Gasteiger partial charge in [-0.05, 0) is 58.4 Å². The number of rotatable bonds is 8. The number of nitrogens with zero attached hydrogens (tertiary/aromatic N) is 1. The van der Waals surface area contributed by atoms with Crippen molar-refractivity contribution in [2.45, 2.75) is 44.8 Å². The van der Waals surface area contributed by atoms with Crippen molar-refractivity contribution in [2.24, 2.45) is 0 Å². The molecule has 5 nitrogen and oxygen atoms in total. The summed E-state index contributed by atoms with van der Waals surface area (Å²) in [6, 6.07) is 16.4. The zero-order chi connectivity index (χ0) is 27.4. The van der Waals surface area contributed by atoms with Crippen LogP contribution in [0.25, 0.3) is 11.1 Å². The third-order valence-electron chi connectivity index (χ3n) is 6.64. The molecule has 0 fully saturated rings. The lowest BCUT2D eigenvalue weighted by atomic mass is 9.89. The number of aliphatic carboxylic acids is 1. The van der Waals surface area contributed by atoms with Crippen molar-refractivity contribution in [2.75, 3.05) is 13.2 Å². The summed E-state index contributed by atoms with van der Waals surface area (Å²) in [5, 5.41) is 9.21. The molecule has 200 valence electrons. The Labute approximate surface area is 217 Å². The van der Waals surface area contributed by atoms with Gasteiger partial charge >= 0.3 is 12.1 Å². The highest BCUT2D eigenvalue weighted by Crippen LogP contribution is 2.39. The smallest absolute Gasteiger partial charge is 0.422 e. The van der Waals surface area contributed by atoms with Crippen molar-refractivity contribution >= 4 is 11.9 Å². The predicted molar refractivity (Wildman–Crippen MR) is 133 cm³/mol. The van der Waals surface area contributed by atoms with E-state index in [0.29, 0.717) is 28.8 Å². The van der Waals surface area contributed by atoms with Crippen LogP contribution in [0.5, 0.6) is 5.75 Å². The van der Waals surface area contributed by atoms with Gasteiger partial charge in [-0.15, -0.1) is 0 Å². The number of amides is 1. The molecule has 0 radical (unpaired) electrons. The normalized spacial score (nSPS) is 14.1. The van der Waals surface area contributed by atoms with Crippen LogP contribution in [0.1, 0.15) is 41.5 Å². The van der Waals surface area contributed by atoms with Crippen molar-refractivity contribution in [3.8, 4) is 16.9 Å². The first-order chi connectivity index (χ1) is 18.0. The number of halogens is 4. The molecule has 0 saturated carbocycles. The van der Waals surface area contributed by atoms with Gasteiger partial charge in [-0.25, -0.2) is 4.39 Å². The highest BCUT2D eigenvalue weighted by molar-refractivity contribution is 5.80. The molecule has 1 amide bonds. The van der Waals surface area contributed by atoms with Gasteiger partial charge in [0.25, 0.3) is 0 Å². The number of benzene rings is 3. The van der Waals surface area contributed by atoms with E-state index in [-0.39, 0.29) is 48.9 Å². The molecule has 9 heteroatoms. The number of hydrogen-bond acceptors (Lipinski definition) is 3. The molecule has 1 atom stereocenters. The van der Waals surface area contributed by atoms with Crippen LogP contribution in [0.15, 0.2) is 60.7 Å². The molecule has 1 N–H and O–H groups in total. The van der Waals surface area contributed by atoms with Crippen LogP contribution in [-0.4, -0.2) is 41.2 Å². The number of fused-ring (bicyclic) bond motifs is 1. The fourth-order valence-corrected chi connectivity index (χ4v) is 4.75. The molecule has 0 saturated heterocycles. The van der Waals surface area contributed by atoms with Gasteiger partial charge < -0.3 is 14.7 Å². The Balaban J connectivity index is 1.68. The molecule has 1 aliphatic heterocycles. The number of carboxylic acid groups (broad SMARTS) is 1. The van der Waals surface area contributed by atoms with Crippen molar-refractivity contribution in [1.29, 1.82) is 0 Å². The Bertz CT molecular complexity index is 1320. The fraction of sp³-hybridized carbons (Fsp3) is 0.310. The molecular weight excluding hydrogens is 502 g/mol. The molecule has 1 unspecified atom stereocenters. The van der Waals surface area contributed by atoms with Gasteiger partial charge in [-0.3, -0.25) is 9.59 Å². The zero-order valence-corrected chi connectivity index (χ0v) is 20.7. The van der Waals surface area contributed by atoms with Gasteiger partial charge in [0, 0.05) is 25.1 Å². The second-order valence-corrected chi connectivity index (χ2v) is 9.44. The Kier molecular flexibility index (Phi) is 8.04. The number of carboxylic acids is 1. The number of alkyl halides is 3. The van der Waals surface area contributed by atoms with Crippen molar-refractivity contribution in [3.05, 3.63) is 88.7 Å². The quantitative estimate of drug-likeness (QED) is 0.356. The molecule has 0 spiro atoms. The van der Waals surface area contributed by atoms with Crippen molar-refractivity contribution in [1.82, 2.24) is 4.90 Å². The summed E-state index contributed by atoms with van der Waals surface area (Å²) in [6.45, 7) is 0.799. The first-order valence-corrected chi connectivity index (χ1v) is 12.2. The lowest BCUT2D eigenvalue weighted by molar-refractivity contribution is -0.153. The average Bonchev–Trinajstić information content (AvgIpc) is 2.87. The lowest BCUT2D eigenvalue weighted by Crippen LogP contribution is -2.37. The summed E-state index contributed by atoms with van der Waals surface area (Å²) < 4.78 is 58.7. The maximum Gasteiger partial charge on any atom is 0.422 e. The van der Waals surface area contributed by atoms with E-state index in [4.69, 9.17) is 4.74 Å². The molecule has 0 bridgehead atoms. The predicted octanol–water partition coefficient (Wildman–Crippen LogP) is 6.14. The van der Waals surface area contributed by atoms with Crippen molar-refractivity contribution in [3.63, 3.8) is 0 Å². The zero-order valence-electron chi connectivity index (χ0n) is 20.7. The van der Waals surface area contributed by atoms with E-state index in [1.165, 1.54) is 30.3 Å². The Morgan fingerprint density at radius 3 is 2.45 bits per heavy atom. The second kappa shape index (κ2) is 11.2. The van der Waals surface area contributed by atoms with Gasteiger partial charge in [-0.1, -0.05) is 49.4 Å². The van der Waals surface area contributed by atoms with Crippen LogP contribution in [0.3, 0.4) is 0 Å². The van der Waals surface area contributed by atoms with Crippen molar-refractivity contribution < 1.29 is 37.0 Å². The number of ether oxygens (including phenoxy) is 1. The molecule has 4 rings (SSSR count). The first-order valence-electron chi connectivity index (χ1n) is 12.2. The monoisotopic (exact) mass is 529 g/mol. The van der Waals surface area contributed by atoms with Crippen LogP contribution in [0.4, 0.5) is 17.6 Å². The summed E-state index contributed by atoms with van der Waals surface area (Å²) in [5.41, 5.74) is 2.85. The molecule has 1 aliphatic rings. The maximum absolute atomic E-state index is 14.8.